The summed E-state index contributed by atoms with van der Waals surface area (Å²) in [6.07, 6.45) is 3.16. The first-order valence-electron chi connectivity index (χ1n) is 8.94. The Morgan fingerprint density at radius 3 is 2.46 bits per heavy atom. The summed E-state index contributed by atoms with van der Waals surface area (Å²) in [5.74, 6) is 0.238. The molecule has 1 amide bonds. The predicted molar refractivity (Wildman–Crippen MR) is 97.1 cm³/mol. The molecule has 0 N–H and O–H groups in total. The van der Waals surface area contributed by atoms with E-state index in [0.29, 0.717) is 0 Å². The van der Waals surface area contributed by atoms with Crippen LogP contribution in [-0.4, -0.2) is 29.9 Å². The molecule has 0 aliphatic carbocycles. The van der Waals surface area contributed by atoms with Gasteiger partial charge in [0.05, 0.1) is 6.04 Å². The molecule has 2 aliphatic rings. The number of amides is 1. The second kappa shape index (κ2) is 6.40. The van der Waals surface area contributed by atoms with Gasteiger partial charge in [-0.15, -0.1) is 0 Å². The van der Waals surface area contributed by atoms with E-state index < -0.39 is 0 Å². The number of hydrogen-bond acceptors (Lipinski definition) is 2. The van der Waals surface area contributed by atoms with Gasteiger partial charge < -0.3 is 4.90 Å². The average Bonchev–Trinajstić information content (AvgIpc) is 2.66. The lowest BCUT2D eigenvalue weighted by Gasteiger charge is -2.37. The average molecular weight is 320 g/mol. The van der Waals surface area contributed by atoms with Crippen molar-refractivity contribution >= 4 is 11.6 Å². The molecule has 2 aliphatic heterocycles. The summed E-state index contributed by atoms with van der Waals surface area (Å²) in [7, 11) is 0. The van der Waals surface area contributed by atoms with Crippen molar-refractivity contribution in [2.75, 3.05) is 18.0 Å². The monoisotopic (exact) mass is 320 g/mol. The lowest BCUT2D eigenvalue weighted by Crippen LogP contribution is -2.50. The number of anilines is 1. The molecule has 0 bridgehead atoms. The van der Waals surface area contributed by atoms with E-state index in [0.717, 1.165) is 44.6 Å². The summed E-state index contributed by atoms with van der Waals surface area (Å²) >= 11 is 0. The minimum absolute atomic E-state index is 0.0792. The number of nitrogens with zero attached hydrogens (tertiary/aromatic N) is 2. The molecule has 0 spiro atoms. The fourth-order valence-corrected chi connectivity index (χ4v) is 3.99. The van der Waals surface area contributed by atoms with Gasteiger partial charge in [-0.05, 0) is 48.9 Å². The molecule has 0 aromatic heterocycles. The molecule has 2 heterocycles. The fraction of sp³-hybridized carbons (Fsp3) is 0.381. The molecule has 0 saturated carbocycles. The number of fused-ring (bicyclic) bond motifs is 2. The molecule has 1 atom stereocenters. The lowest BCUT2D eigenvalue weighted by molar-refractivity contribution is -0.123. The van der Waals surface area contributed by atoms with Crippen LogP contribution in [0.1, 0.15) is 30.0 Å². The van der Waals surface area contributed by atoms with Crippen LogP contribution >= 0.6 is 0 Å². The van der Waals surface area contributed by atoms with E-state index in [4.69, 9.17) is 0 Å². The Morgan fingerprint density at radius 2 is 1.62 bits per heavy atom. The molecule has 24 heavy (non-hydrogen) atoms. The molecule has 3 heteroatoms. The Morgan fingerprint density at radius 1 is 0.917 bits per heavy atom. The van der Waals surface area contributed by atoms with Crippen molar-refractivity contribution in [1.29, 1.82) is 0 Å². The predicted octanol–water partition coefficient (Wildman–Crippen LogP) is 3.41. The second-order valence-corrected chi connectivity index (χ2v) is 6.89. The first-order chi connectivity index (χ1) is 11.7. The van der Waals surface area contributed by atoms with E-state index in [2.05, 4.69) is 54.3 Å². The van der Waals surface area contributed by atoms with Crippen molar-refractivity contribution in [3.63, 3.8) is 0 Å². The number of carbonyl (C=O) groups is 1. The van der Waals surface area contributed by atoms with Crippen molar-refractivity contribution in [2.24, 2.45) is 0 Å². The first-order valence-corrected chi connectivity index (χ1v) is 8.94. The van der Waals surface area contributed by atoms with Gasteiger partial charge in [-0.1, -0.05) is 42.5 Å². The molecule has 0 fully saturated rings. The van der Waals surface area contributed by atoms with E-state index in [1.54, 1.807) is 0 Å². The third kappa shape index (κ3) is 2.73. The quantitative estimate of drug-likeness (QED) is 0.846. The van der Waals surface area contributed by atoms with E-state index in [9.17, 15) is 4.79 Å². The Hall–Kier alpha value is -2.13. The van der Waals surface area contributed by atoms with Crippen molar-refractivity contribution in [3.05, 3.63) is 65.2 Å². The van der Waals surface area contributed by atoms with E-state index >= 15 is 0 Å². The number of benzene rings is 2. The zero-order valence-corrected chi connectivity index (χ0v) is 14.2. The number of rotatable bonds is 2. The van der Waals surface area contributed by atoms with Gasteiger partial charge in [0.25, 0.3) is 0 Å². The van der Waals surface area contributed by atoms with Crippen LogP contribution in [0.25, 0.3) is 0 Å². The maximum absolute atomic E-state index is 13.2. The Balaban J connectivity index is 1.54. The summed E-state index contributed by atoms with van der Waals surface area (Å²) in [4.78, 5) is 17.5. The topological polar surface area (TPSA) is 23.6 Å². The van der Waals surface area contributed by atoms with Crippen molar-refractivity contribution in [3.8, 4) is 0 Å². The summed E-state index contributed by atoms with van der Waals surface area (Å²) in [5.41, 5.74) is 5.20. The summed E-state index contributed by atoms with van der Waals surface area (Å²) in [6.45, 7) is 4.73. The van der Waals surface area contributed by atoms with Crippen LogP contribution in [0.15, 0.2) is 48.5 Å². The molecule has 0 saturated heterocycles. The van der Waals surface area contributed by atoms with Crippen LogP contribution in [0.2, 0.25) is 0 Å². The van der Waals surface area contributed by atoms with Crippen LogP contribution < -0.4 is 4.90 Å². The molecule has 1 unspecified atom stereocenters. The van der Waals surface area contributed by atoms with Crippen LogP contribution in [-0.2, 0) is 24.2 Å². The minimum atomic E-state index is -0.0792. The van der Waals surface area contributed by atoms with E-state index in [1.807, 2.05) is 11.0 Å². The van der Waals surface area contributed by atoms with Gasteiger partial charge in [0.1, 0.15) is 0 Å². The molecule has 4 rings (SSSR count). The molecule has 0 radical (unpaired) electrons. The molecular formula is C21H24N2O. The number of hydrogen-bond donors (Lipinski definition) is 0. The van der Waals surface area contributed by atoms with Gasteiger partial charge in [-0.3, -0.25) is 9.69 Å². The van der Waals surface area contributed by atoms with Gasteiger partial charge >= 0.3 is 0 Å². The highest BCUT2D eigenvalue weighted by Crippen LogP contribution is 2.28. The highest BCUT2D eigenvalue weighted by atomic mass is 16.2. The zero-order chi connectivity index (χ0) is 16.5. The Kier molecular flexibility index (Phi) is 4.11. The van der Waals surface area contributed by atoms with Crippen LogP contribution in [0.3, 0.4) is 0 Å². The van der Waals surface area contributed by atoms with E-state index in [1.165, 1.54) is 16.7 Å². The number of para-hydroxylation sites is 1. The molecule has 2 aromatic rings. The normalized spacial score (nSPS) is 18.6. The first kappa shape index (κ1) is 15.4. The smallest absolute Gasteiger partial charge is 0.244 e. The van der Waals surface area contributed by atoms with Crippen LogP contribution in [0.5, 0.6) is 0 Å². The molecule has 124 valence electrons. The van der Waals surface area contributed by atoms with Gasteiger partial charge in [-0.25, -0.2) is 0 Å². The summed E-state index contributed by atoms with van der Waals surface area (Å²) in [5, 5.41) is 0. The van der Waals surface area contributed by atoms with Gasteiger partial charge in [0.2, 0.25) is 5.91 Å². The minimum Gasteiger partial charge on any atom is -0.311 e. The highest BCUT2D eigenvalue weighted by molar-refractivity contribution is 5.98. The standard InChI is InChI=1S/C21H24N2O/c1-16(22-14-12-17-7-2-3-9-19(17)15-22)21(24)23-13-6-10-18-8-4-5-11-20(18)23/h2-5,7-9,11,16H,6,10,12-15H2,1H3. The largest absolute Gasteiger partial charge is 0.311 e. The number of carbonyl (C=O) groups excluding carboxylic acids is 1. The maximum Gasteiger partial charge on any atom is 0.244 e. The SMILES string of the molecule is CC(C(=O)N1CCCc2ccccc21)N1CCc2ccccc2C1. The van der Waals surface area contributed by atoms with Crippen molar-refractivity contribution in [2.45, 2.75) is 38.8 Å². The maximum atomic E-state index is 13.2. The summed E-state index contributed by atoms with van der Waals surface area (Å²) in [6, 6.07) is 16.9. The lowest BCUT2D eigenvalue weighted by atomic mass is 9.97. The van der Waals surface area contributed by atoms with Gasteiger partial charge in [0, 0.05) is 25.3 Å². The Labute approximate surface area is 143 Å². The van der Waals surface area contributed by atoms with Crippen LogP contribution in [0.4, 0.5) is 5.69 Å². The third-order valence-electron chi connectivity index (χ3n) is 5.44. The van der Waals surface area contributed by atoms with Gasteiger partial charge in [-0.2, -0.15) is 0 Å². The highest BCUT2D eigenvalue weighted by Gasteiger charge is 2.31. The van der Waals surface area contributed by atoms with Crippen molar-refractivity contribution < 1.29 is 4.79 Å². The molecule has 3 nitrogen and oxygen atoms in total. The zero-order valence-electron chi connectivity index (χ0n) is 14.2. The van der Waals surface area contributed by atoms with E-state index in [-0.39, 0.29) is 11.9 Å². The summed E-state index contributed by atoms with van der Waals surface area (Å²) < 4.78 is 0. The number of aryl methyl sites for hydroxylation is 1. The second-order valence-electron chi connectivity index (χ2n) is 6.89. The van der Waals surface area contributed by atoms with Crippen molar-refractivity contribution in [1.82, 2.24) is 4.90 Å². The molecule has 2 aromatic carbocycles. The third-order valence-corrected chi connectivity index (χ3v) is 5.44. The Bertz CT molecular complexity index is 755. The van der Waals surface area contributed by atoms with Gasteiger partial charge in [0.15, 0.2) is 0 Å². The fourth-order valence-electron chi connectivity index (χ4n) is 3.99. The van der Waals surface area contributed by atoms with Crippen LogP contribution in [0, 0.1) is 0 Å². The molecular weight excluding hydrogens is 296 g/mol.